The molecule has 0 aromatic rings. The van der Waals surface area contributed by atoms with Gasteiger partial charge in [-0.3, -0.25) is 0 Å². The summed E-state index contributed by atoms with van der Waals surface area (Å²) in [6.07, 6.45) is -13.0. The molecule has 0 N–H and O–H groups in total. The molecule has 2 rings (SSSR count). The molecule has 2 saturated carbocycles. The molecule has 3 nitrogen and oxygen atoms in total. The first-order valence-corrected chi connectivity index (χ1v) is 7.76. The Bertz CT molecular complexity index is 556. The van der Waals surface area contributed by atoms with Gasteiger partial charge in [0.2, 0.25) is 0 Å². The molecule has 0 saturated heterocycles. The highest BCUT2D eigenvalue weighted by atomic mass is 19.4. The van der Waals surface area contributed by atoms with Gasteiger partial charge >= 0.3 is 30.5 Å². The van der Waals surface area contributed by atoms with E-state index in [-0.39, 0.29) is 11.8 Å². The van der Waals surface area contributed by atoms with Crippen molar-refractivity contribution in [1.29, 1.82) is 0 Å². The topological polar surface area (TPSA) is 35.5 Å². The lowest BCUT2D eigenvalue weighted by molar-refractivity contribution is -0.403. The lowest BCUT2D eigenvalue weighted by atomic mass is 9.89. The van der Waals surface area contributed by atoms with Crippen LogP contribution >= 0.6 is 0 Å². The number of hydrogen-bond acceptors (Lipinski definition) is 3. The predicted molar refractivity (Wildman–Crippen MR) is 71.0 cm³/mol. The van der Waals surface area contributed by atoms with Gasteiger partial charge < -0.3 is 9.47 Å². The van der Waals surface area contributed by atoms with Crippen LogP contribution in [0, 0.1) is 17.8 Å². The maximum absolute atomic E-state index is 13.2. The van der Waals surface area contributed by atoms with E-state index in [1.165, 1.54) is 0 Å². The first-order valence-electron chi connectivity index (χ1n) is 7.76. The number of alkyl halides is 8. The van der Waals surface area contributed by atoms with Crippen LogP contribution in [0.25, 0.3) is 0 Å². The molecule has 11 heteroatoms. The highest BCUT2D eigenvalue weighted by Gasteiger charge is 2.68. The maximum atomic E-state index is 13.2. The largest absolute Gasteiger partial charge is 0.462 e. The molecule has 0 aliphatic heterocycles. The third kappa shape index (κ3) is 3.96. The van der Waals surface area contributed by atoms with Crippen molar-refractivity contribution in [2.45, 2.75) is 50.2 Å². The minimum absolute atomic E-state index is 0.00412. The average molecular weight is 396 g/mol. The van der Waals surface area contributed by atoms with Gasteiger partial charge in [0.15, 0.2) is 0 Å². The Kier molecular flexibility index (Phi) is 5.61. The molecule has 0 radical (unpaired) electrons. The third-order valence-electron chi connectivity index (χ3n) is 4.91. The van der Waals surface area contributed by atoms with Crippen molar-refractivity contribution in [2.24, 2.45) is 17.8 Å². The van der Waals surface area contributed by atoms with Gasteiger partial charge in [-0.25, -0.2) is 13.6 Å². The molecule has 4 atom stereocenters. The Morgan fingerprint density at radius 1 is 1.08 bits per heavy atom. The number of halogens is 8. The monoisotopic (exact) mass is 396 g/mol. The van der Waals surface area contributed by atoms with E-state index in [2.05, 4.69) is 16.1 Å². The van der Waals surface area contributed by atoms with E-state index in [4.69, 9.17) is 0 Å². The zero-order chi connectivity index (χ0) is 19.9. The predicted octanol–water partition coefficient (Wildman–Crippen LogP) is 4.62. The number of carbonyl (C=O) groups is 1. The van der Waals surface area contributed by atoms with Crippen LogP contribution < -0.4 is 0 Å². The van der Waals surface area contributed by atoms with E-state index in [1.54, 1.807) is 0 Å². The van der Waals surface area contributed by atoms with Crippen LogP contribution in [0.15, 0.2) is 12.2 Å². The summed E-state index contributed by atoms with van der Waals surface area (Å²) in [4.78, 5) is 11.3. The van der Waals surface area contributed by atoms with Crippen molar-refractivity contribution in [3.05, 3.63) is 12.2 Å². The first-order chi connectivity index (χ1) is 11.8. The minimum atomic E-state index is -5.94. The smallest absolute Gasteiger partial charge is 0.414 e. The zero-order valence-corrected chi connectivity index (χ0v) is 13.3. The summed E-state index contributed by atoms with van der Waals surface area (Å²) in [6.45, 7) is 1.46. The molecule has 0 aromatic carbocycles. The molecule has 150 valence electrons. The standard InChI is InChI=1S/C15H16F8O3/c1-7(14(18,19)20)11(24)26-13(12(16)17,15(21,22)23)25-6-10-5-8-2-3-9(10)4-8/h8-10,12H,1-6H2. The van der Waals surface area contributed by atoms with E-state index in [1.807, 2.05) is 0 Å². The number of ether oxygens (including phenoxy) is 2. The van der Waals surface area contributed by atoms with Crippen LogP contribution in [-0.2, 0) is 14.3 Å². The van der Waals surface area contributed by atoms with Gasteiger partial charge in [0.25, 0.3) is 0 Å². The molecule has 2 bridgehead atoms. The Hall–Kier alpha value is -1.39. The maximum Gasteiger partial charge on any atom is 0.462 e. The molecule has 0 heterocycles. The molecule has 2 fully saturated rings. The lowest BCUT2D eigenvalue weighted by Crippen LogP contribution is -2.57. The van der Waals surface area contributed by atoms with Gasteiger partial charge in [0.1, 0.15) is 5.57 Å². The molecule has 4 unspecified atom stereocenters. The second kappa shape index (κ2) is 6.97. The van der Waals surface area contributed by atoms with Gasteiger partial charge in [-0.05, 0) is 37.0 Å². The Balaban J connectivity index is 2.19. The summed E-state index contributed by atoms with van der Waals surface area (Å²) in [5.74, 6) is -7.61. The summed E-state index contributed by atoms with van der Waals surface area (Å²) in [5.41, 5.74) is -2.34. The summed E-state index contributed by atoms with van der Waals surface area (Å²) in [7, 11) is 0. The molecule has 0 spiro atoms. The van der Waals surface area contributed by atoms with E-state index >= 15 is 0 Å². The van der Waals surface area contributed by atoms with Crippen LogP contribution in [0.1, 0.15) is 25.7 Å². The molecule has 2 aliphatic rings. The van der Waals surface area contributed by atoms with Gasteiger partial charge in [-0.1, -0.05) is 13.0 Å². The van der Waals surface area contributed by atoms with Gasteiger partial charge in [0, 0.05) is 0 Å². The first kappa shape index (κ1) is 20.9. The fourth-order valence-electron chi connectivity index (χ4n) is 3.53. The molecule has 0 aromatic heterocycles. The van der Waals surface area contributed by atoms with Crippen LogP contribution in [0.5, 0.6) is 0 Å². The minimum Gasteiger partial charge on any atom is -0.414 e. The fraction of sp³-hybridized carbons (Fsp3) is 0.800. The molecular weight excluding hydrogens is 380 g/mol. The van der Waals surface area contributed by atoms with Crippen molar-refractivity contribution < 1.29 is 49.4 Å². The normalized spacial score (nSPS) is 28.3. The highest BCUT2D eigenvalue weighted by molar-refractivity contribution is 5.89. The summed E-state index contributed by atoms with van der Waals surface area (Å²) < 4.78 is 111. The SMILES string of the molecule is C=C(C(=O)OC(OCC1CC2CCC1C2)(C(F)F)C(F)(F)F)C(F)(F)F. The van der Waals surface area contributed by atoms with Crippen molar-refractivity contribution >= 4 is 5.97 Å². The highest BCUT2D eigenvalue weighted by Crippen LogP contribution is 2.49. The fourth-order valence-corrected chi connectivity index (χ4v) is 3.53. The quantitative estimate of drug-likeness (QED) is 0.284. The van der Waals surface area contributed by atoms with Gasteiger partial charge in [-0.15, -0.1) is 0 Å². The Morgan fingerprint density at radius 3 is 2.08 bits per heavy atom. The van der Waals surface area contributed by atoms with Crippen LogP contribution in [-0.4, -0.2) is 37.1 Å². The van der Waals surface area contributed by atoms with E-state index < -0.39 is 48.6 Å². The molecule has 0 amide bonds. The summed E-state index contributed by atoms with van der Waals surface area (Å²) in [6, 6.07) is 0. The number of hydrogen-bond donors (Lipinski definition) is 0. The number of carbonyl (C=O) groups excluding carboxylic acids is 1. The molecule has 2 aliphatic carbocycles. The van der Waals surface area contributed by atoms with Gasteiger partial charge in [0.05, 0.1) is 6.61 Å². The van der Waals surface area contributed by atoms with E-state index in [9.17, 15) is 39.9 Å². The van der Waals surface area contributed by atoms with Crippen molar-refractivity contribution in [2.75, 3.05) is 6.61 Å². The van der Waals surface area contributed by atoms with Crippen LogP contribution in [0.3, 0.4) is 0 Å². The second-order valence-electron chi connectivity index (χ2n) is 6.58. The summed E-state index contributed by atoms with van der Waals surface area (Å²) in [5, 5.41) is 0. The van der Waals surface area contributed by atoms with Crippen LogP contribution in [0.2, 0.25) is 0 Å². The second-order valence-corrected chi connectivity index (χ2v) is 6.58. The molecule has 26 heavy (non-hydrogen) atoms. The zero-order valence-electron chi connectivity index (χ0n) is 13.3. The van der Waals surface area contributed by atoms with Crippen molar-refractivity contribution in [1.82, 2.24) is 0 Å². The van der Waals surface area contributed by atoms with Crippen molar-refractivity contribution in [3.63, 3.8) is 0 Å². The third-order valence-corrected chi connectivity index (χ3v) is 4.91. The van der Waals surface area contributed by atoms with E-state index in [0.29, 0.717) is 6.42 Å². The van der Waals surface area contributed by atoms with Gasteiger partial charge in [-0.2, -0.15) is 26.3 Å². The lowest BCUT2D eigenvalue weighted by Gasteiger charge is -2.35. The number of fused-ring (bicyclic) bond motifs is 2. The average Bonchev–Trinajstić information content (AvgIpc) is 3.10. The van der Waals surface area contributed by atoms with E-state index in [0.717, 1.165) is 19.3 Å². The Labute approximate surface area is 143 Å². The molecular formula is C15H16F8O3. The number of rotatable bonds is 6. The van der Waals surface area contributed by atoms with Crippen LogP contribution in [0.4, 0.5) is 35.1 Å². The van der Waals surface area contributed by atoms with Crippen molar-refractivity contribution in [3.8, 4) is 0 Å². The number of esters is 1. The Morgan fingerprint density at radius 2 is 1.69 bits per heavy atom. The summed E-state index contributed by atoms with van der Waals surface area (Å²) >= 11 is 0.